The second kappa shape index (κ2) is 71.3. The Hall–Kier alpha value is -3.53. The van der Waals surface area contributed by atoms with Gasteiger partial charge >= 0.3 is 17.9 Å². The van der Waals surface area contributed by atoms with Gasteiger partial charge in [-0.05, 0) is 70.6 Å². The van der Waals surface area contributed by atoms with E-state index >= 15 is 0 Å². The third-order valence-corrected chi connectivity index (χ3v) is 16.9. The minimum absolute atomic E-state index is 0.182. The number of aliphatic carboxylic acids is 1. The quantitative estimate of drug-likeness (QED) is 0.0211. The highest BCUT2D eigenvalue weighted by molar-refractivity contribution is 5.71. The zero-order valence-corrected chi connectivity index (χ0v) is 59.8. The molecule has 0 spiro atoms. The summed E-state index contributed by atoms with van der Waals surface area (Å²) in [5.74, 6) is -1.99. The van der Waals surface area contributed by atoms with Crippen LogP contribution in [0, 0.1) is 0 Å². The molecule has 9 heteroatoms. The number of hydrogen-bond acceptors (Lipinski definition) is 7. The molecule has 0 aromatic carbocycles. The van der Waals surface area contributed by atoms with Crippen molar-refractivity contribution in [1.82, 2.24) is 0 Å². The fourth-order valence-corrected chi connectivity index (χ4v) is 11.1. The van der Waals surface area contributed by atoms with Crippen molar-refractivity contribution >= 4 is 17.9 Å². The van der Waals surface area contributed by atoms with Crippen LogP contribution >= 0.6 is 0 Å². The van der Waals surface area contributed by atoms with Crippen LogP contribution in [0.4, 0.5) is 0 Å². The first-order valence-electron chi connectivity index (χ1n) is 38.3. The average molecular weight is 1260 g/mol. The SMILES string of the molecule is CC/C=C\C/C=C\C/C=C\C/C=C\C/C=C\C/C=C\C/C=C\CCCCCCCCCCCCCC(=O)OC(COC(=O)CCCCCCCCCCCCCCCCCCCCCCCCCCCCCCCCCC)COC(OCC[N+](C)(C)C)C(=O)O. The van der Waals surface area contributed by atoms with Crippen LogP contribution in [0.25, 0.3) is 0 Å². The highest BCUT2D eigenvalue weighted by Gasteiger charge is 2.25. The van der Waals surface area contributed by atoms with Crippen molar-refractivity contribution in [3.05, 3.63) is 85.1 Å². The molecule has 0 fully saturated rings. The van der Waals surface area contributed by atoms with Crippen LogP contribution in [0.3, 0.4) is 0 Å². The number of esters is 2. The largest absolute Gasteiger partial charge is 0.477 e. The van der Waals surface area contributed by atoms with Gasteiger partial charge in [0.2, 0.25) is 0 Å². The maximum atomic E-state index is 13.0. The molecule has 0 aliphatic rings. The maximum absolute atomic E-state index is 13.0. The van der Waals surface area contributed by atoms with Gasteiger partial charge in [0.05, 0.1) is 34.4 Å². The zero-order valence-electron chi connectivity index (χ0n) is 59.8. The molecule has 0 aliphatic carbocycles. The number of hydrogen-bond donors (Lipinski definition) is 1. The molecular formula is C81H146NO8+. The lowest BCUT2D eigenvalue weighted by Crippen LogP contribution is -2.40. The number of carbonyl (C=O) groups is 3. The van der Waals surface area contributed by atoms with Crippen LogP contribution in [-0.2, 0) is 33.3 Å². The smallest absolute Gasteiger partial charge is 0.361 e. The van der Waals surface area contributed by atoms with Gasteiger partial charge in [-0.15, -0.1) is 0 Å². The summed E-state index contributed by atoms with van der Waals surface area (Å²) in [4.78, 5) is 37.7. The number of quaternary nitrogens is 1. The molecule has 0 saturated heterocycles. The number of nitrogens with zero attached hydrogens (tertiary/aromatic N) is 1. The van der Waals surface area contributed by atoms with Gasteiger partial charge in [0.25, 0.3) is 6.29 Å². The zero-order chi connectivity index (χ0) is 65.4. The Morgan fingerprint density at radius 1 is 0.344 bits per heavy atom. The summed E-state index contributed by atoms with van der Waals surface area (Å²) in [5.41, 5.74) is 0. The molecule has 0 aromatic rings. The topological polar surface area (TPSA) is 108 Å². The Balaban J connectivity index is 4.06. The number of carbonyl (C=O) groups excluding carboxylic acids is 2. The number of likely N-dealkylation sites (N-methyl/N-ethyl adjacent to an activating group) is 1. The van der Waals surface area contributed by atoms with Crippen molar-refractivity contribution in [3.8, 4) is 0 Å². The summed E-state index contributed by atoms with van der Waals surface area (Å²) in [6.07, 6.45) is 94.4. The summed E-state index contributed by atoms with van der Waals surface area (Å²) < 4.78 is 23.0. The van der Waals surface area contributed by atoms with Gasteiger partial charge in [-0.25, -0.2) is 4.79 Å². The molecule has 90 heavy (non-hydrogen) atoms. The molecule has 2 atom stereocenters. The number of carboxylic acids is 1. The molecular weight excluding hydrogens is 1110 g/mol. The van der Waals surface area contributed by atoms with Crippen molar-refractivity contribution in [2.75, 3.05) is 47.5 Å². The van der Waals surface area contributed by atoms with E-state index in [9.17, 15) is 19.5 Å². The van der Waals surface area contributed by atoms with Crippen molar-refractivity contribution in [2.45, 2.75) is 367 Å². The van der Waals surface area contributed by atoms with E-state index in [-0.39, 0.29) is 32.2 Å². The Morgan fingerprint density at radius 3 is 0.944 bits per heavy atom. The predicted molar refractivity (Wildman–Crippen MR) is 387 cm³/mol. The van der Waals surface area contributed by atoms with Crippen molar-refractivity contribution in [3.63, 3.8) is 0 Å². The highest BCUT2D eigenvalue weighted by atomic mass is 16.7. The van der Waals surface area contributed by atoms with Gasteiger partial charge in [-0.2, -0.15) is 0 Å². The standard InChI is InChI=1S/C81H145NO8/c1-6-8-10-12-14-16-18-20-22-24-26-28-30-32-34-36-38-40-42-44-46-48-50-52-54-56-58-60-62-64-66-68-70-72-79(84)90-77(76-89-81(80(85)86)87-74-73-82(3,4)5)75-88-78(83)71-69-67-65-63-61-59-57-55-53-51-49-47-45-43-41-39-37-35-33-31-29-27-25-23-21-19-17-15-13-11-9-7-2/h8,10,14,16,20,22,26,28,32,34,38,40,44,46,77,81H,6-7,9,11-13,15,17-19,21,23-25,27,29-31,33,35-37,39,41-43,45,47-76H2,1-5H3/p+1/b10-8-,16-14-,22-20-,28-26-,34-32-,40-38-,46-44-. The summed E-state index contributed by atoms with van der Waals surface area (Å²) in [5, 5.41) is 9.76. The highest BCUT2D eigenvalue weighted by Crippen LogP contribution is 2.19. The first-order chi connectivity index (χ1) is 44.1. The number of unbranched alkanes of at least 4 members (excludes halogenated alkanes) is 42. The molecule has 0 radical (unpaired) electrons. The van der Waals surface area contributed by atoms with Crippen LogP contribution < -0.4 is 0 Å². The van der Waals surface area contributed by atoms with Gasteiger partial charge in [0.15, 0.2) is 6.10 Å². The Morgan fingerprint density at radius 2 is 0.633 bits per heavy atom. The fraction of sp³-hybridized carbons (Fsp3) is 0.790. The molecule has 1 N–H and O–H groups in total. The lowest BCUT2D eigenvalue weighted by molar-refractivity contribution is -0.870. The lowest BCUT2D eigenvalue weighted by atomic mass is 10.0. The van der Waals surface area contributed by atoms with E-state index in [0.717, 1.165) is 89.9 Å². The van der Waals surface area contributed by atoms with Crippen LogP contribution in [0.15, 0.2) is 85.1 Å². The molecule has 0 aliphatic heterocycles. The number of rotatable bonds is 71. The van der Waals surface area contributed by atoms with Gasteiger partial charge in [-0.1, -0.05) is 356 Å². The first kappa shape index (κ1) is 86.5. The van der Waals surface area contributed by atoms with Crippen molar-refractivity contribution in [1.29, 1.82) is 0 Å². The van der Waals surface area contributed by atoms with Crippen molar-refractivity contribution in [2.24, 2.45) is 0 Å². The van der Waals surface area contributed by atoms with Gasteiger partial charge in [-0.3, -0.25) is 9.59 Å². The molecule has 522 valence electrons. The van der Waals surface area contributed by atoms with Gasteiger partial charge < -0.3 is 28.5 Å². The van der Waals surface area contributed by atoms with E-state index in [2.05, 4.69) is 98.9 Å². The van der Waals surface area contributed by atoms with Gasteiger partial charge in [0, 0.05) is 12.8 Å². The number of ether oxygens (including phenoxy) is 4. The van der Waals surface area contributed by atoms with Crippen LogP contribution in [0.1, 0.15) is 354 Å². The Labute approximate surface area is 557 Å². The first-order valence-corrected chi connectivity index (χ1v) is 38.3. The molecule has 0 bridgehead atoms. The molecule has 0 amide bonds. The Bertz CT molecular complexity index is 1760. The van der Waals surface area contributed by atoms with E-state index in [4.69, 9.17) is 18.9 Å². The molecule has 0 heterocycles. The van der Waals surface area contributed by atoms with Crippen molar-refractivity contribution < 1.29 is 42.9 Å². The molecule has 2 unspecified atom stereocenters. The van der Waals surface area contributed by atoms with E-state index in [1.54, 1.807) is 0 Å². The summed E-state index contributed by atoms with van der Waals surface area (Å²) in [6, 6.07) is 0. The number of allylic oxidation sites excluding steroid dienone is 14. The van der Waals surface area contributed by atoms with E-state index < -0.39 is 24.3 Å². The minimum atomic E-state index is -1.51. The molecule has 9 nitrogen and oxygen atoms in total. The van der Waals surface area contributed by atoms with Crippen LogP contribution in [-0.4, -0.2) is 87.4 Å². The molecule has 0 saturated carbocycles. The average Bonchev–Trinajstić information content (AvgIpc) is 3.72. The predicted octanol–water partition coefficient (Wildman–Crippen LogP) is 24.2. The van der Waals surface area contributed by atoms with Crippen LogP contribution in [0.2, 0.25) is 0 Å². The maximum Gasteiger partial charge on any atom is 0.361 e. The summed E-state index contributed by atoms with van der Waals surface area (Å²) >= 11 is 0. The van der Waals surface area contributed by atoms with Gasteiger partial charge in [0.1, 0.15) is 13.2 Å². The monoisotopic (exact) mass is 1260 g/mol. The third-order valence-electron chi connectivity index (χ3n) is 16.9. The normalized spacial score (nSPS) is 13.1. The lowest BCUT2D eigenvalue weighted by Gasteiger charge is -2.25. The number of carboxylic acid groups (broad SMARTS) is 1. The second-order valence-electron chi connectivity index (χ2n) is 26.9. The molecule has 0 rings (SSSR count). The minimum Gasteiger partial charge on any atom is -0.477 e. The third kappa shape index (κ3) is 71.9. The fourth-order valence-electron chi connectivity index (χ4n) is 11.1. The molecule has 0 aromatic heterocycles. The van der Waals surface area contributed by atoms with Crippen LogP contribution in [0.5, 0.6) is 0 Å². The van der Waals surface area contributed by atoms with E-state index in [1.807, 2.05) is 21.1 Å². The summed E-state index contributed by atoms with van der Waals surface area (Å²) in [7, 11) is 5.99. The summed E-state index contributed by atoms with van der Waals surface area (Å²) in [6.45, 7) is 4.81. The van der Waals surface area contributed by atoms with E-state index in [1.165, 1.54) is 231 Å². The second-order valence-corrected chi connectivity index (χ2v) is 26.9. The van der Waals surface area contributed by atoms with E-state index in [0.29, 0.717) is 23.9 Å². The Kier molecular flexibility index (Phi) is 68.5.